The Balaban J connectivity index is 0.00000121. The summed E-state index contributed by atoms with van der Waals surface area (Å²) in [4.78, 5) is 18.3. The average Bonchev–Trinajstić information content (AvgIpc) is 1.85. The number of nitrogens with zero attached hydrogens (tertiary/aromatic N) is 2. The van der Waals surface area contributed by atoms with E-state index in [2.05, 4.69) is 15.3 Å². The number of halogens is 1. The van der Waals surface area contributed by atoms with E-state index in [1.165, 1.54) is 6.92 Å². The second kappa shape index (κ2) is 4.66. The van der Waals surface area contributed by atoms with Gasteiger partial charge in [0.25, 0.3) is 0 Å². The van der Waals surface area contributed by atoms with Gasteiger partial charge in [0.1, 0.15) is 0 Å². The number of anilines is 1. The van der Waals surface area contributed by atoms with Crippen molar-refractivity contribution in [3.05, 3.63) is 18.0 Å². The molecule has 12 heavy (non-hydrogen) atoms. The van der Waals surface area contributed by atoms with Crippen LogP contribution in [0.4, 0.5) is 5.95 Å². The molecule has 1 N–H and O–H groups in total. The number of hydrogen-bond acceptors (Lipinski definition) is 3. The van der Waals surface area contributed by atoms with Crippen molar-refractivity contribution in [2.75, 3.05) is 5.32 Å². The van der Waals surface area contributed by atoms with Gasteiger partial charge in [-0.05, 0) is 13.0 Å². The van der Waals surface area contributed by atoms with E-state index >= 15 is 0 Å². The Kier molecular flexibility index (Phi) is 4.21. The van der Waals surface area contributed by atoms with Gasteiger partial charge in [-0.15, -0.1) is 12.4 Å². The topological polar surface area (TPSA) is 54.9 Å². The highest BCUT2D eigenvalue weighted by molar-refractivity contribution is 5.86. The van der Waals surface area contributed by atoms with Gasteiger partial charge in [0.05, 0.1) is 0 Å². The van der Waals surface area contributed by atoms with E-state index < -0.39 is 0 Å². The second-order valence-electron chi connectivity index (χ2n) is 2.20. The zero-order chi connectivity index (χ0) is 8.27. The molecule has 0 fully saturated rings. The third-order valence-corrected chi connectivity index (χ3v) is 1.08. The lowest BCUT2D eigenvalue weighted by Gasteiger charge is -1.98. The van der Waals surface area contributed by atoms with Crippen LogP contribution in [0.25, 0.3) is 0 Å². The van der Waals surface area contributed by atoms with Gasteiger partial charge in [-0.2, -0.15) is 0 Å². The van der Waals surface area contributed by atoms with Crippen LogP contribution in [0.3, 0.4) is 0 Å². The largest absolute Gasteiger partial charge is 0.295 e. The fourth-order valence-corrected chi connectivity index (χ4v) is 0.667. The SMILES string of the molecule is CC(=O)Nc1nccc(C)n1.Cl. The van der Waals surface area contributed by atoms with Gasteiger partial charge in [-0.3, -0.25) is 10.1 Å². The van der Waals surface area contributed by atoms with Crippen molar-refractivity contribution in [3.8, 4) is 0 Å². The maximum atomic E-state index is 10.5. The first kappa shape index (κ1) is 10.8. The predicted octanol–water partition coefficient (Wildman–Crippen LogP) is 1.17. The number of carbonyl (C=O) groups excluding carboxylic acids is 1. The lowest BCUT2D eigenvalue weighted by molar-refractivity contribution is -0.114. The predicted molar refractivity (Wildman–Crippen MR) is 48.3 cm³/mol. The van der Waals surface area contributed by atoms with Crippen LogP contribution in [0.15, 0.2) is 12.3 Å². The smallest absolute Gasteiger partial charge is 0.229 e. The van der Waals surface area contributed by atoms with Crippen LogP contribution in [0.5, 0.6) is 0 Å². The van der Waals surface area contributed by atoms with Gasteiger partial charge in [0.2, 0.25) is 11.9 Å². The summed E-state index contributed by atoms with van der Waals surface area (Å²) < 4.78 is 0. The normalized spacial score (nSPS) is 8.50. The number of nitrogens with one attached hydrogen (secondary N) is 1. The van der Waals surface area contributed by atoms with Crippen molar-refractivity contribution in [2.24, 2.45) is 0 Å². The lowest BCUT2D eigenvalue weighted by Crippen LogP contribution is -2.09. The first-order valence-electron chi connectivity index (χ1n) is 3.26. The first-order chi connectivity index (χ1) is 5.18. The molecule has 0 aliphatic rings. The maximum Gasteiger partial charge on any atom is 0.229 e. The Bertz CT molecular complexity index is 277. The minimum absolute atomic E-state index is 0. The molecule has 1 aromatic heterocycles. The van der Waals surface area contributed by atoms with Crippen LogP contribution < -0.4 is 5.32 Å². The van der Waals surface area contributed by atoms with Crippen molar-refractivity contribution >= 4 is 24.3 Å². The Morgan fingerprint density at radius 3 is 2.75 bits per heavy atom. The van der Waals surface area contributed by atoms with Crippen LogP contribution in [0.2, 0.25) is 0 Å². The van der Waals surface area contributed by atoms with E-state index in [0.717, 1.165) is 5.69 Å². The summed E-state index contributed by atoms with van der Waals surface area (Å²) in [5.74, 6) is 0.202. The number of amides is 1. The van der Waals surface area contributed by atoms with Crippen LogP contribution >= 0.6 is 12.4 Å². The number of aryl methyl sites for hydroxylation is 1. The molecule has 0 saturated carbocycles. The highest BCUT2D eigenvalue weighted by atomic mass is 35.5. The summed E-state index contributed by atoms with van der Waals surface area (Å²) in [7, 11) is 0. The molecular weight excluding hydrogens is 178 g/mol. The molecule has 0 bridgehead atoms. The summed E-state index contributed by atoms with van der Waals surface area (Å²) in [5.41, 5.74) is 0.837. The van der Waals surface area contributed by atoms with Crippen LogP contribution in [0.1, 0.15) is 12.6 Å². The molecule has 1 heterocycles. The van der Waals surface area contributed by atoms with Crippen molar-refractivity contribution in [1.29, 1.82) is 0 Å². The van der Waals surface area contributed by atoms with Gasteiger partial charge in [0, 0.05) is 18.8 Å². The van der Waals surface area contributed by atoms with E-state index in [-0.39, 0.29) is 18.3 Å². The van der Waals surface area contributed by atoms with E-state index in [0.29, 0.717) is 5.95 Å². The molecule has 5 heteroatoms. The second-order valence-corrected chi connectivity index (χ2v) is 2.20. The van der Waals surface area contributed by atoms with Crippen molar-refractivity contribution < 1.29 is 4.79 Å². The Labute approximate surface area is 76.8 Å². The number of hydrogen-bond donors (Lipinski definition) is 1. The Morgan fingerprint density at radius 2 is 2.25 bits per heavy atom. The number of rotatable bonds is 1. The minimum Gasteiger partial charge on any atom is -0.295 e. The molecule has 1 amide bonds. The molecule has 0 saturated heterocycles. The van der Waals surface area contributed by atoms with Gasteiger partial charge < -0.3 is 0 Å². The molecule has 66 valence electrons. The summed E-state index contributed by atoms with van der Waals surface area (Å²) in [6, 6.07) is 1.77. The molecule has 1 aromatic rings. The Morgan fingerprint density at radius 1 is 1.58 bits per heavy atom. The average molecular weight is 188 g/mol. The van der Waals surface area contributed by atoms with Crippen LogP contribution in [0, 0.1) is 6.92 Å². The third-order valence-electron chi connectivity index (χ3n) is 1.08. The van der Waals surface area contributed by atoms with Crippen molar-refractivity contribution in [2.45, 2.75) is 13.8 Å². The quantitative estimate of drug-likeness (QED) is 0.718. The molecular formula is C7H10ClN3O. The highest BCUT2D eigenvalue weighted by Crippen LogP contribution is 1.97. The van der Waals surface area contributed by atoms with E-state index in [1.54, 1.807) is 12.3 Å². The van der Waals surface area contributed by atoms with Gasteiger partial charge in [-0.25, -0.2) is 9.97 Å². The van der Waals surface area contributed by atoms with Crippen LogP contribution in [-0.2, 0) is 4.79 Å². The molecule has 4 nitrogen and oxygen atoms in total. The Hall–Kier alpha value is -1.16. The zero-order valence-electron chi connectivity index (χ0n) is 6.87. The standard InChI is InChI=1S/C7H9N3O.ClH/c1-5-3-4-8-7(9-5)10-6(2)11;/h3-4H,1-2H3,(H,8,9,10,11);1H. The number of aromatic nitrogens is 2. The summed E-state index contributed by atoms with van der Waals surface area (Å²) >= 11 is 0. The van der Waals surface area contributed by atoms with E-state index in [4.69, 9.17) is 0 Å². The summed E-state index contributed by atoms with van der Waals surface area (Å²) in [5, 5.41) is 2.48. The molecule has 1 rings (SSSR count). The highest BCUT2D eigenvalue weighted by Gasteiger charge is 1.96. The molecule has 0 atom stereocenters. The summed E-state index contributed by atoms with van der Waals surface area (Å²) in [6.07, 6.45) is 1.60. The van der Waals surface area contributed by atoms with Crippen molar-refractivity contribution in [1.82, 2.24) is 9.97 Å². The van der Waals surface area contributed by atoms with Gasteiger partial charge >= 0.3 is 0 Å². The number of carbonyl (C=O) groups is 1. The first-order valence-corrected chi connectivity index (χ1v) is 3.26. The minimum atomic E-state index is -0.157. The van der Waals surface area contributed by atoms with Crippen molar-refractivity contribution in [3.63, 3.8) is 0 Å². The van der Waals surface area contributed by atoms with E-state index in [1.807, 2.05) is 6.92 Å². The van der Waals surface area contributed by atoms with Gasteiger partial charge in [0.15, 0.2) is 0 Å². The molecule has 0 aromatic carbocycles. The molecule has 0 aliphatic carbocycles. The fraction of sp³-hybridized carbons (Fsp3) is 0.286. The third kappa shape index (κ3) is 3.30. The van der Waals surface area contributed by atoms with Crippen LogP contribution in [-0.4, -0.2) is 15.9 Å². The molecule has 0 unspecified atom stereocenters. The van der Waals surface area contributed by atoms with E-state index in [9.17, 15) is 4.79 Å². The molecule has 0 aliphatic heterocycles. The summed E-state index contributed by atoms with van der Waals surface area (Å²) in [6.45, 7) is 3.26. The maximum absolute atomic E-state index is 10.5. The molecule has 0 radical (unpaired) electrons. The monoisotopic (exact) mass is 187 g/mol. The molecule has 0 spiro atoms. The lowest BCUT2D eigenvalue weighted by atomic mass is 10.5. The fourth-order valence-electron chi connectivity index (χ4n) is 0.667. The van der Waals surface area contributed by atoms with Gasteiger partial charge in [-0.1, -0.05) is 0 Å². The zero-order valence-corrected chi connectivity index (χ0v) is 7.68.